The maximum absolute atomic E-state index is 12.0. The number of hydrogen-bond donors (Lipinski definition) is 1. The van der Waals surface area contributed by atoms with E-state index in [1.807, 2.05) is 18.2 Å². The molecule has 26 heavy (non-hydrogen) atoms. The zero-order valence-corrected chi connectivity index (χ0v) is 16.7. The summed E-state index contributed by atoms with van der Waals surface area (Å²) < 4.78 is 11.1. The average Bonchev–Trinajstić information content (AvgIpc) is 2.97. The lowest BCUT2D eigenvalue weighted by Crippen LogP contribution is -2.29. The number of carbonyl (C=O) groups excluding carboxylic acids is 2. The smallest absolute Gasteiger partial charge is 0.238 e. The number of carbonyl (C=O) groups is 2. The van der Waals surface area contributed by atoms with Crippen molar-refractivity contribution < 1.29 is 19.1 Å². The largest absolute Gasteiger partial charge is 0.493 e. The van der Waals surface area contributed by atoms with Gasteiger partial charge in [-0.15, -0.1) is 0 Å². The summed E-state index contributed by atoms with van der Waals surface area (Å²) in [6.07, 6.45) is 3.01. The van der Waals surface area contributed by atoms with Crippen LogP contribution >= 0.6 is 24.0 Å². The molecule has 0 spiro atoms. The van der Waals surface area contributed by atoms with Gasteiger partial charge in [0, 0.05) is 19.5 Å². The monoisotopic (exact) mass is 396 g/mol. The van der Waals surface area contributed by atoms with Crippen LogP contribution in [0.1, 0.15) is 31.2 Å². The number of thiocarbonyl (C=S) groups is 1. The lowest BCUT2D eigenvalue weighted by molar-refractivity contribution is -0.124. The Morgan fingerprint density at radius 1 is 1.23 bits per heavy atom. The first-order valence-corrected chi connectivity index (χ1v) is 9.89. The van der Waals surface area contributed by atoms with Gasteiger partial charge in [0.1, 0.15) is 4.32 Å². The highest BCUT2D eigenvalue weighted by Gasteiger charge is 2.25. The second kappa shape index (κ2) is 10.4. The molecule has 1 N–H and O–H groups in total. The van der Waals surface area contributed by atoms with E-state index in [4.69, 9.17) is 21.7 Å². The predicted octanol–water partition coefficient (Wildman–Crippen LogP) is 2.74. The van der Waals surface area contributed by atoms with Gasteiger partial charge in [-0.25, -0.2) is 0 Å². The number of thioether (sulfide) groups is 1. The fourth-order valence-corrected chi connectivity index (χ4v) is 3.73. The standard InChI is InChI=1S/C18H24N2O4S2/c1-23-14-8-7-13(10-15(14)24-2)11-19-16(21)6-4-3-5-9-20-17(22)12-26-18(20)25/h7-8,10H,3-6,9,11-12H2,1-2H3,(H,19,21). The van der Waals surface area contributed by atoms with Gasteiger partial charge in [0.05, 0.1) is 20.0 Å². The van der Waals surface area contributed by atoms with Gasteiger partial charge < -0.3 is 14.8 Å². The SMILES string of the molecule is COc1ccc(CNC(=O)CCCCCN2C(=O)CSC2=S)cc1OC. The Labute approximate surface area is 163 Å². The third-order valence-electron chi connectivity index (χ3n) is 4.06. The summed E-state index contributed by atoms with van der Waals surface area (Å²) in [5, 5.41) is 2.91. The topological polar surface area (TPSA) is 67.9 Å². The van der Waals surface area contributed by atoms with Crippen molar-refractivity contribution in [3.63, 3.8) is 0 Å². The average molecular weight is 397 g/mol. The van der Waals surface area contributed by atoms with Crippen LogP contribution in [-0.4, -0.2) is 47.6 Å². The van der Waals surface area contributed by atoms with Crippen molar-refractivity contribution in [2.75, 3.05) is 26.5 Å². The number of hydrogen-bond acceptors (Lipinski definition) is 6. The maximum Gasteiger partial charge on any atom is 0.238 e. The number of nitrogens with one attached hydrogen (secondary N) is 1. The van der Waals surface area contributed by atoms with Crippen LogP contribution in [0.4, 0.5) is 0 Å². The number of unbranched alkanes of at least 4 members (excludes halogenated alkanes) is 2. The third kappa shape index (κ3) is 5.88. The molecule has 1 saturated heterocycles. The maximum atomic E-state index is 12.0. The van der Waals surface area contributed by atoms with E-state index in [1.165, 1.54) is 11.8 Å². The summed E-state index contributed by atoms with van der Waals surface area (Å²) in [5.74, 6) is 1.87. The van der Waals surface area contributed by atoms with Crippen molar-refractivity contribution in [1.82, 2.24) is 10.2 Å². The number of ether oxygens (including phenoxy) is 2. The molecular weight excluding hydrogens is 372 g/mol. The number of methoxy groups -OCH3 is 2. The van der Waals surface area contributed by atoms with Gasteiger partial charge in [-0.1, -0.05) is 36.5 Å². The molecular formula is C18H24N2O4S2. The van der Waals surface area contributed by atoms with E-state index in [1.54, 1.807) is 19.1 Å². The van der Waals surface area contributed by atoms with E-state index in [-0.39, 0.29) is 11.8 Å². The first kappa shape index (κ1) is 20.5. The van der Waals surface area contributed by atoms with Gasteiger partial charge >= 0.3 is 0 Å². The first-order chi connectivity index (χ1) is 12.5. The molecule has 1 fully saturated rings. The van der Waals surface area contributed by atoms with E-state index in [0.29, 0.717) is 41.1 Å². The molecule has 142 valence electrons. The molecule has 8 heteroatoms. The summed E-state index contributed by atoms with van der Waals surface area (Å²) >= 11 is 6.56. The van der Waals surface area contributed by atoms with Crippen molar-refractivity contribution in [3.05, 3.63) is 23.8 Å². The molecule has 1 aromatic rings. The Kier molecular flexibility index (Phi) is 8.18. The van der Waals surface area contributed by atoms with Crippen molar-refractivity contribution >= 4 is 40.1 Å². The zero-order chi connectivity index (χ0) is 18.9. The number of rotatable bonds is 10. The van der Waals surface area contributed by atoms with Crippen LogP contribution in [-0.2, 0) is 16.1 Å². The van der Waals surface area contributed by atoms with Crippen LogP contribution in [0.3, 0.4) is 0 Å². The van der Waals surface area contributed by atoms with Gasteiger partial charge in [-0.05, 0) is 30.5 Å². The van der Waals surface area contributed by atoms with E-state index in [0.717, 1.165) is 24.8 Å². The number of amides is 2. The van der Waals surface area contributed by atoms with Gasteiger partial charge in [0.25, 0.3) is 0 Å². The molecule has 0 aromatic heterocycles. The fraction of sp³-hybridized carbons (Fsp3) is 0.500. The minimum absolute atomic E-state index is 0.0168. The molecule has 2 rings (SSSR count). The molecule has 1 aliphatic rings. The minimum Gasteiger partial charge on any atom is -0.493 e. The van der Waals surface area contributed by atoms with Crippen LogP contribution in [0.15, 0.2) is 18.2 Å². The van der Waals surface area contributed by atoms with E-state index >= 15 is 0 Å². The molecule has 0 aliphatic carbocycles. The molecule has 0 bridgehead atoms. The molecule has 0 atom stereocenters. The third-order valence-corrected chi connectivity index (χ3v) is 5.50. The lowest BCUT2D eigenvalue weighted by atomic mass is 10.1. The summed E-state index contributed by atoms with van der Waals surface area (Å²) in [5.41, 5.74) is 0.953. The van der Waals surface area contributed by atoms with E-state index in [2.05, 4.69) is 5.32 Å². The molecule has 1 heterocycles. The highest BCUT2D eigenvalue weighted by atomic mass is 32.2. The Morgan fingerprint density at radius 2 is 2.00 bits per heavy atom. The van der Waals surface area contributed by atoms with Gasteiger partial charge in [-0.2, -0.15) is 0 Å². The van der Waals surface area contributed by atoms with Crippen LogP contribution in [0.2, 0.25) is 0 Å². The van der Waals surface area contributed by atoms with Crippen LogP contribution in [0.25, 0.3) is 0 Å². The Balaban J connectivity index is 1.63. The molecule has 0 unspecified atom stereocenters. The first-order valence-electron chi connectivity index (χ1n) is 8.50. The normalized spacial score (nSPS) is 13.8. The Morgan fingerprint density at radius 3 is 2.65 bits per heavy atom. The predicted molar refractivity (Wildman–Crippen MR) is 107 cm³/mol. The summed E-state index contributed by atoms with van der Waals surface area (Å²) in [6, 6.07) is 5.57. The van der Waals surface area contributed by atoms with Gasteiger partial charge in [-0.3, -0.25) is 14.5 Å². The molecule has 1 aliphatic heterocycles. The van der Waals surface area contributed by atoms with Gasteiger partial charge in [0.2, 0.25) is 11.8 Å². The zero-order valence-electron chi connectivity index (χ0n) is 15.1. The molecule has 6 nitrogen and oxygen atoms in total. The highest BCUT2D eigenvalue weighted by Crippen LogP contribution is 2.27. The molecule has 2 amide bonds. The second-order valence-electron chi connectivity index (χ2n) is 5.88. The van der Waals surface area contributed by atoms with Crippen LogP contribution in [0.5, 0.6) is 11.5 Å². The Bertz CT molecular complexity index is 651. The lowest BCUT2D eigenvalue weighted by Gasteiger charge is -2.14. The highest BCUT2D eigenvalue weighted by molar-refractivity contribution is 8.23. The number of benzene rings is 1. The summed E-state index contributed by atoms with van der Waals surface area (Å²) in [6.45, 7) is 1.10. The van der Waals surface area contributed by atoms with E-state index < -0.39 is 0 Å². The quantitative estimate of drug-likeness (QED) is 0.485. The number of nitrogens with zero attached hydrogens (tertiary/aromatic N) is 1. The van der Waals surface area contributed by atoms with Gasteiger partial charge in [0.15, 0.2) is 11.5 Å². The fourth-order valence-electron chi connectivity index (χ4n) is 2.61. The van der Waals surface area contributed by atoms with Crippen molar-refractivity contribution in [2.45, 2.75) is 32.2 Å². The van der Waals surface area contributed by atoms with Crippen molar-refractivity contribution in [2.24, 2.45) is 0 Å². The summed E-state index contributed by atoms with van der Waals surface area (Å²) in [4.78, 5) is 25.2. The van der Waals surface area contributed by atoms with Crippen molar-refractivity contribution in [1.29, 1.82) is 0 Å². The second-order valence-corrected chi connectivity index (χ2v) is 7.49. The summed E-state index contributed by atoms with van der Waals surface area (Å²) in [7, 11) is 3.17. The van der Waals surface area contributed by atoms with Crippen LogP contribution in [0, 0.1) is 0 Å². The molecule has 0 saturated carbocycles. The van der Waals surface area contributed by atoms with E-state index in [9.17, 15) is 9.59 Å². The molecule has 0 radical (unpaired) electrons. The van der Waals surface area contributed by atoms with Crippen molar-refractivity contribution in [3.8, 4) is 11.5 Å². The Hall–Kier alpha value is -1.80. The van der Waals surface area contributed by atoms with Crippen LogP contribution < -0.4 is 14.8 Å². The minimum atomic E-state index is 0.0168. The molecule has 1 aromatic carbocycles.